The van der Waals surface area contributed by atoms with E-state index in [0.717, 1.165) is 20.1 Å². The average molecular weight is 602 g/mol. The number of amides is 2. The van der Waals surface area contributed by atoms with Crippen molar-refractivity contribution in [2.75, 3.05) is 13.2 Å². The Hall–Kier alpha value is -2.64. The van der Waals surface area contributed by atoms with Crippen LogP contribution in [0.25, 0.3) is 0 Å². The van der Waals surface area contributed by atoms with Gasteiger partial charge in [0.1, 0.15) is 11.8 Å². The minimum absolute atomic E-state index is 0.166. The van der Waals surface area contributed by atoms with Crippen molar-refractivity contribution in [3.63, 3.8) is 0 Å². The van der Waals surface area contributed by atoms with Crippen LogP contribution in [-0.4, -0.2) is 35.9 Å². The van der Waals surface area contributed by atoms with Crippen molar-refractivity contribution in [2.45, 2.75) is 32.9 Å². The van der Waals surface area contributed by atoms with Gasteiger partial charge in [0.25, 0.3) is 5.91 Å². The van der Waals surface area contributed by atoms with Crippen molar-refractivity contribution in [3.05, 3.63) is 98.9 Å². The van der Waals surface area contributed by atoms with E-state index >= 15 is 0 Å². The van der Waals surface area contributed by atoms with Gasteiger partial charge >= 0.3 is 0 Å². The Balaban J connectivity index is 1.88. The Labute approximate surface area is 224 Å². The fraction of sp³-hybridized carbons (Fsp3) is 0.286. The highest BCUT2D eigenvalue weighted by Crippen LogP contribution is 2.19. The van der Waals surface area contributed by atoms with E-state index in [2.05, 4.69) is 37.2 Å². The van der Waals surface area contributed by atoms with Gasteiger partial charge < -0.3 is 15.0 Å². The second kappa shape index (κ2) is 13.4. The molecule has 3 aromatic carbocycles. The standard InChI is InChI=1S/C28H30Br2N2O3/c1-20(2)17-31-28(34)26(16-21-6-4-3-5-7-21)32(18-22-8-10-23(29)11-9-22)27(33)19-35-25-14-12-24(30)13-15-25/h3-15,20,26H,16-19H2,1-2H3,(H,31,34)/t26-/m0/s1. The van der Waals surface area contributed by atoms with Gasteiger partial charge in [-0.15, -0.1) is 0 Å². The van der Waals surface area contributed by atoms with Crippen molar-refractivity contribution >= 4 is 43.7 Å². The zero-order valence-electron chi connectivity index (χ0n) is 19.9. The fourth-order valence-corrected chi connectivity index (χ4v) is 4.05. The maximum absolute atomic E-state index is 13.5. The molecule has 0 heterocycles. The van der Waals surface area contributed by atoms with Gasteiger partial charge in [0.05, 0.1) is 0 Å². The summed E-state index contributed by atoms with van der Waals surface area (Å²) >= 11 is 6.86. The maximum Gasteiger partial charge on any atom is 0.261 e. The molecule has 3 rings (SSSR count). The number of rotatable bonds is 11. The lowest BCUT2D eigenvalue weighted by Gasteiger charge is -2.31. The Bertz CT molecular complexity index is 1090. The summed E-state index contributed by atoms with van der Waals surface area (Å²) in [5.41, 5.74) is 1.92. The monoisotopic (exact) mass is 600 g/mol. The first kappa shape index (κ1) is 27.0. The first-order chi connectivity index (χ1) is 16.8. The highest BCUT2D eigenvalue weighted by Gasteiger charge is 2.30. The van der Waals surface area contributed by atoms with Gasteiger partial charge in [0.15, 0.2) is 6.61 Å². The first-order valence-electron chi connectivity index (χ1n) is 11.6. The van der Waals surface area contributed by atoms with Crippen LogP contribution in [0.1, 0.15) is 25.0 Å². The van der Waals surface area contributed by atoms with E-state index in [1.54, 1.807) is 17.0 Å². The number of hydrogen-bond donors (Lipinski definition) is 1. The molecule has 5 nitrogen and oxygen atoms in total. The molecule has 1 atom stereocenters. The number of carbonyl (C=O) groups excluding carboxylic acids is 2. The molecule has 3 aromatic rings. The van der Waals surface area contributed by atoms with Crippen molar-refractivity contribution in [3.8, 4) is 5.75 Å². The first-order valence-corrected chi connectivity index (χ1v) is 13.1. The molecule has 0 bridgehead atoms. The number of halogens is 2. The largest absolute Gasteiger partial charge is 0.484 e. The Morgan fingerprint density at radius 2 is 1.46 bits per heavy atom. The third-order valence-electron chi connectivity index (χ3n) is 5.40. The summed E-state index contributed by atoms with van der Waals surface area (Å²) in [5.74, 6) is 0.467. The van der Waals surface area contributed by atoms with Crippen molar-refractivity contribution < 1.29 is 14.3 Å². The van der Waals surface area contributed by atoms with E-state index in [-0.39, 0.29) is 18.4 Å². The summed E-state index contributed by atoms with van der Waals surface area (Å²) in [6.45, 7) is 4.76. The zero-order valence-corrected chi connectivity index (χ0v) is 23.1. The van der Waals surface area contributed by atoms with Gasteiger partial charge in [-0.3, -0.25) is 9.59 Å². The van der Waals surface area contributed by atoms with Crippen LogP contribution in [0.3, 0.4) is 0 Å². The van der Waals surface area contributed by atoms with E-state index in [9.17, 15) is 9.59 Å². The molecule has 0 spiro atoms. The van der Waals surface area contributed by atoms with Crippen LogP contribution in [0, 0.1) is 5.92 Å². The summed E-state index contributed by atoms with van der Waals surface area (Å²) in [7, 11) is 0. The topological polar surface area (TPSA) is 58.6 Å². The number of benzene rings is 3. The Kier molecular flexibility index (Phi) is 10.4. The van der Waals surface area contributed by atoms with Crippen LogP contribution in [0.15, 0.2) is 87.8 Å². The Morgan fingerprint density at radius 3 is 2.06 bits per heavy atom. The van der Waals surface area contributed by atoms with Gasteiger partial charge in [-0.1, -0.05) is 88.2 Å². The van der Waals surface area contributed by atoms with E-state index in [4.69, 9.17) is 4.74 Å². The molecule has 0 fully saturated rings. The molecular weight excluding hydrogens is 572 g/mol. The third kappa shape index (κ3) is 8.82. The number of ether oxygens (including phenoxy) is 1. The fourth-order valence-electron chi connectivity index (χ4n) is 3.52. The van der Waals surface area contributed by atoms with Gasteiger partial charge in [0, 0.05) is 28.5 Å². The molecule has 0 saturated carbocycles. The summed E-state index contributed by atoms with van der Waals surface area (Å²) in [6, 6.07) is 24.2. The van der Waals surface area contributed by atoms with Crippen molar-refractivity contribution in [2.24, 2.45) is 5.92 Å². The highest BCUT2D eigenvalue weighted by atomic mass is 79.9. The van der Waals surface area contributed by atoms with Gasteiger partial charge in [-0.2, -0.15) is 0 Å². The van der Waals surface area contributed by atoms with Crippen LogP contribution in [0.2, 0.25) is 0 Å². The summed E-state index contributed by atoms with van der Waals surface area (Å²) in [4.78, 5) is 28.6. The average Bonchev–Trinajstić information content (AvgIpc) is 2.86. The number of nitrogens with zero attached hydrogens (tertiary/aromatic N) is 1. The van der Waals surface area contributed by atoms with Crippen LogP contribution in [0.4, 0.5) is 0 Å². The predicted octanol–water partition coefficient (Wildman–Crippen LogP) is 6.00. The summed E-state index contributed by atoms with van der Waals surface area (Å²) in [5, 5.41) is 3.03. The highest BCUT2D eigenvalue weighted by molar-refractivity contribution is 9.10. The quantitative estimate of drug-likeness (QED) is 0.293. The Morgan fingerprint density at radius 1 is 0.857 bits per heavy atom. The molecule has 0 unspecified atom stereocenters. The zero-order chi connectivity index (χ0) is 25.2. The molecule has 7 heteroatoms. The molecule has 0 aliphatic carbocycles. The molecule has 0 aromatic heterocycles. The lowest BCUT2D eigenvalue weighted by atomic mass is 10.0. The van der Waals surface area contributed by atoms with Crippen molar-refractivity contribution in [1.82, 2.24) is 10.2 Å². The lowest BCUT2D eigenvalue weighted by molar-refractivity contribution is -0.142. The van der Waals surface area contributed by atoms with E-state index in [0.29, 0.717) is 31.2 Å². The van der Waals surface area contributed by atoms with E-state index < -0.39 is 6.04 Å². The van der Waals surface area contributed by atoms with Crippen LogP contribution in [-0.2, 0) is 22.6 Å². The van der Waals surface area contributed by atoms with E-state index in [1.165, 1.54) is 0 Å². The molecule has 0 aliphatic rings. The molecule has 2 amide bonds. The molecule has 0 aliphatic heterocycles. The lowest BCUT2D eigenvalue weighted by Crippen LogP contribution is -2.52. The third-order valence-corrected chi connectivity index (χ3v) is 6.46. The molecular formula is C28H30Br2N2O3. The predicted molar refractivity (Wildman–Crippen MR) is 146 cm³/mol. The number of carbonyl (C=O) groups is 2. The van der Waals surface area contributed by atoms with E-state index in [1.807, 2.05) is 80.6 Å². The smallest absolute Gasteiger partial charge is 0.261 e. The van der Waals surface area contributed by atoms with Crippen molar-refractivity contribution in [1.29, 1.82) is 0 Å². The molecule has 184 valence electrons. The van der Waals surface area contributed by atoms with Gasteiger partial charge in [0.2, 0.25) is 5.91 Å². The molecule has 35 heavy (non-hydrogen) atoms. The van der Waals surface area contributed by atoms with Crippen LogP contribution < -0.4 is 10.1 Å². The molecule has 0 radical (unpaired) electrons. The SMILES string of the molecule is CC(C)CNC(=O)[C@H](Cc1ccccc1)N(Cc1ccc(Br)cc1)C(=O)COc1ccc(Br)cc1. The minimum atomic E-state index is -0.680. The molecule has 0 saturated heterocycles. The van der Waals surface area contributed by atoms with Gasteiger partial charge in [-0.05, 0) is 53.4 Å². The summed E-state index contributed by atoms with van der Waals surface area (Å²) in [6.07, 6.45) is 0.408. The second-order valence-electron chi connectivity index (χ2n) is 8.74. The minimum Gasteiger partial charge on any atom is -0.484 e. The second-order valence-corrected chi connectivity index (χ2v) is 10.6. The normalized spacial score (nSPS) is 11.7. The number of hydrogen-bond acceptors (Lipinski definition) is 3. The molecule has 1 N–H and O–H groups in total. The van der Waals surface area contributed by atoms with Crippen LogP contribution >= 0.6 is 31.9 Å². The van der Waals surface area contributed by atoms with Crippen LogP contribution in [0.5, 0.6) is 5.75 Å². The maximum atomic E-state index is 13.5. The summed E-state index contributed by atoms with van der Waals surface area (Å²) < 4.78 is 7.67. The number of nitrogens with one attached hydrogen (secondary N) is 1. The van der Waals surface area contributed by atoms with Gasteiger partial charge in [-0.25, -0.2) is 0 Å².